The Labute approximate surface area is 116 Å². The second-order valence-corrected chi connectivity index (χ2v) is 5.50. The van der Waals surface area contributed by atoms with Gasteiger partial charge in [0.1, 0.15) is 11.4 Å². The summed E-state index contributed by atoms with van der Waals surface area (Å²) in [5.41, 5.74) is -0.240. The highest BCUT2D eigenvalue weighted by Gasteiger charge is 2.25. The molecule has 0 fully saturated rings. The summed E-state index contributed by atoms with van der Waals surface area (Å²) < 4.78 is 17.8. The van der Waals surface area contributed by atoms with E-state index in [0.717, 1.165) is 6.20 Å². The Morgan fingerprint density at radius 2 is 2.05 bits per heavy atom. The Hall–Kier alpha value is -1.98. The second kappa shape index (κ2) is 6.45. The smallest absolute Gasteiger partial charge is 0.307 e. The minimum absolute atomic E-state index is 0.0505. The highest BCUT2D eigenvalue weighted by atomic mass is 19.1. The zero-order chi connectivity index (χ0) is 15.3. The van der Waals surface area contributed by atoms with Gasteiger partial charge in [0.2, 0.25) is 0 Å². The maximum Gasteiger partial charge on any atom is 0.307 e. The summed E-state index contributed by atoms with van der Waals surface area (Å²) in [6.45, 7) is 5.13. The largest absolute Gasteiger partial charge is 0.481 e. The van der Waals surface area contributed by atoms with Crippen molar-refractivity contribution in [1.82, 2.24) is 4.98 Å². The predicted molar refractivity (Wildman–Crippen MR) is 69.5 cm³/mol. The average molecular weight is 283 g/mol. The number of carboxylic acids is 1. The fraction of sp³-hybridized carbons (Fsp3) is 0.500. The van der Waals surface area contributed by atoms with E-state index in [-0.39, 0.29) is 12.8 Å². The minimum Gasteiger partial charge on any atom is -0.481 e. The first-order valence-corrected chi connectivity index (χ1v) is 6.22. The highest BCUT2D eigenvalue weighted by Crippen LogP contribution is 2.16. The molecule has 0 bridgehead atoms. The molecule has 1 N–H and O–H groups in total. The van der Waals surface area contributed by atoms with Crippen LogP contribution in [0.25, 0.3) is 0 Å². The number of carbonyl (C=O) groups is 2. The zero-order valence-electron chi connectivity index (χ0n) is 11.7. The van der Waals surface area contributed by atoms with Crippen molar-refractivity contribution in [3.05, 3.63) is 29.8 Å². The van der Waals surface area contributed by atoms with Crippen LogP contribution in [0.4, 0.5) is 4.39 Å². The van der Waals surface area contributed by atoms with Crippen LogP contribution in [0.1, 0.15) is 32.9 Å². The van der Waals surface area contributed by atoms with E-state index in [2.05, 4.69) is 4.98 Å². The number of aliphatic carboxylic acids is 1. The van der Waals surface area contributed by atoms with Crippen LogP contribution in [0, 0.1) is 11.7 Å². The van der Waals surface area contributed by atoms with Crippen LogP contribution in [0.5, 0.6) is 0 Å². The van der Waals surface area contributed by atoms with Crippen molar-refractivity contribution in [2.45, 2.75) is 39.2 Å². The molecule has 1 unspecified atom stereocenters. The van der Waals surface area contributed by atoms with E-state index >= 15 is 0 Å². The lowest BCUT2D eigenvalue weighted by Crippen LogP contribution is -2.28. The quantitative estimate of drug-likeness (QED) is 0.838. The van der Waals surface area contributed by atoms with Gasteiger partial charge in [-0.2, -0.15) is 0 Å². The van der Waals surface area contributed by atoms with E-state index in [1.54, 1.807) is 20.8 Å². The van der Waals surface area contributed by atoms with Crippen LogP contribution in [-0.4, -0.2) is 27.6 Å². The van der Waals surface area contributed by atoms with Gasteiger partial charge in [-0.05, 0) is 32.9 Å². The maximum absolute atomic E-state index is 12.7. The number of hydrogen-bond acceptors (Lipinski definition) is 4. The van der Waals surface area contributed by atoms with Gasteiger partial charge in [-0.1, -0.05) is 0 Å². The average Bonchev–Trinajstić information content (AvgIpc) is 2.28. The predicted octanol–water partition coefficient (Wildman–Crippen LogP) is 2.20. The molecular weight excluding hydrogens is 265 g/mol. The van der Waals surface area contributed by atoms with Crippen LogP contribution in [0.15, 0.2) is 18.3 Å². The molecule has 110 valence electrons. The molecule has 0 spiro atoms. The Bertz CT molecular complexity index is 479. The molecule has 0 aliphatic heterocycles. The van der Waals surface area contributed by atoms with Crippen molar-refractivity contribution < 1.29 is 23.8 Å². The lowest BCUT2D eigenvalue weighted by molar-refractivity contribution is -0.159. The molecule has 20 heavy (non-hydrogen) atoms. The first kappa shape index (κ1) is 16.1. The summed E-state index contributed by atoms with van der Waals surface area (Å²) in [6.07, 6.45) is 0.822. The number of nitrogens with zero attached hydrogens (tertiary/aromatic N) is 1. The van der Waals surface area contributed by atoms with Gasteiger partial charge in [-0.15, -0.1) is 0 Å². The Morgan fingerprint density at radius 1 is 1.40 bits per heavy atom. The van der Waals surface area contributed by atoms with Gasteiger partial charge < -0.3 is 9.84 Å². The van der Waals surface area contributed by atoms with Gasteiger partial charge in [-0.3, -0.25) is 14.6 Å². The Kier molecular flexibility index (Phi) is 5.19. The number of carbonyl (C=O) groups excluding carboxylic acids is 1. The van der Waals surface area contributed by atoms with Gasteiger partial charge in [0.15, 0.2) is 0 Å². The summed E-state index contributed by atoms with van der Waals surface area (Å²) in [4.78, 5) is 26.6. The molecule has 0 aromatic carbocycles. The molecule has 1 atom stereocenters. The molecule has 0 aliphatic rings. The van der Waals surface area contributed by atoms with E-state index in [1.165, 1.54) is 12.1 Å². The Morgan fingerprint density at radius 3 is 2.50 bits per heavy atom. The number of aromatic nitrogens is 1. The molecule has 0 radical (unpaired) electrons. The number of rotatable bonds is 5. The zero-order valence-corrected chi connectivity index (χ0v) is 11.7. The molecule has 5 nitrogen and oxygen atoms in total. The number of hydrogen-bond donors (Lipinski definition) is 1. The molecule has 1 rings (SSSR count). The van der Waals surface area contributed by atoms with E-state index in [0.29, 0.717) is 5.69 Å². The number of esters is 1. The van der Waals surface area contributed by atoms with Crippen LogP contribution >= 0.6 is 0 Å². The molecule has 6 heteroatoms. The van der Waals surface area contributed by atoms with E-state index in [4.69, 9.17) is 9.84 Å². The molecule has 1 heterocycles. The fourth-order valence-electron chi connectivity index (χ4n) is 1.61. The van der Waals surface area contributed by atoms with Crippen LogP contribution in [0.2, 0.25) is 0 Å². The lowest BCUT2D eigenvalue weighted by Gasteiger charge is -2.20. The summed E-state index contributed by atoms with van der Waals surface area (Å²) in [5, 5.41) is 9.13. The minimum atomic E-state index is -1.11. The third-order valence-corrected chi connectivity index (χ3v) is 2.43. The molecular formula is C14H18FNO4. The first-order valence-electron chi connectivity index (χ1n) is 6.22. The third kappa shape index (κ3) is 5.77. The van der Waals surface area contributed by atoms with Gasteiger partial charge in [-0.25, -0.2) is 4.39 Å². The molecule has 0 saturated heterocycles. The maximum atomic E-state index is 12.7. The summed E-state index contributed by atoms with van der Waals surface area (Å²) in [5.74, 6) is -3.12. The van der Waals surface area contributed by atoms with E-state index in [9.17, 15) is 14.0 Å². The van der Waals surface area contributed by atoms with Crippen LogP contribution in [-0.2, 0) is 20.7 Å². The highest BCUT2D eigenvalue weighted by molar-refractivity contribution is 5.79. The molecule has 0 amide bonds. The van der Waals surface area contributed by atoms with Crippen LogP contribution in [0.3, 0.4) is 0 Å². The second-order valence-electron chi connectivity index (χ2n) is 5.50. The molecule has 1 aromatic rings. The van der Waals surface area contributed by atoms with Crippen molar-refractivity contribution >= 4 is 11.9 Å². The van der Waals surface area contributed by atoms with Crippen molar-refractivity contribution in [3.63, 3.8) is 0 Å². The summed E-state index contributed by atoms with van der Waals surface area (Å²) in [7, 11) is 0. The van der Waals surface area contributed by atoms with Crippen molar-refractivity contribution in [2.75, 3.05) is 0 Å². The first-order chi connectivity index (χ1) is 9.17. The van der Waals surface area contributed by atoms with Crippen molar-refractivity contribution in [3.8, 4) is 0 Å². The fourth-order valence-corrected chi connectivity index (χ4v) is 1.61. The van der Waals surface area contributed by atoms with E-state index in [1.807, 2.05) is 0 Å². The van der Waals surface area contributed by atoms with Gasteiger partial charge in [0.25, 0.3) is 0 Å². The summed E-state index contributed by atoms with van der Waals surface area (Å²) >= 11 is 0. The van der Waals surface area contributed by atoms with Crippen LogP contribution < -0.4 is 0 Å². The lowest BCUT2D eigenvalue weighted by atomic mass is 9.99. The number of ether oxygens (including phenoxy) is 1. The molecule has 0 saturated carbocycles. The monoisotopic (exact) mass is 283 g/mol. The van der Waals surface area contributed by atoms with E-state index < -0.39 is 29.3 Å². The number of carboxylic acid groups (broad SMARTS) is 1. The van der Waals surface area contributed by atoms with Gasteiger partial charge in [0.05, 0.1) is 18.5 Å². The Balaban J connectivity index is 2.68. The number of pyridine rings is 1. The van der Waals surface area contributed by atoms with Gasteiger partial charge >= 0.3 is 11.9 Å². The van der Waals surface area contributed by atoms with Gasteiger partial charge in [0, 0.05) is 12.1 Å². The SMILES string of the molecule is CC(C)(C)OC(=O)CC(Cc1ccc(F)cn1)C(=O)O. The topological polar surface area (TPSA) is 76.5 Å². The summed E-state index contributed by atoms with van der Waals surface area (Å²) in [6, 6.07) is 2.61. The standard InChI is InChI=1S/C14H18FNO4/c1-14(2,3)20-12(17)7-9(13(18)19)6-11-5-4-10(15)8-16-11/h4-5,8-9H,6-7H2,1-3H3,(H,18,19). The van der Waals surface area contributed by atoms with Crippen molar-refractivity contribution in [1.29, 1.82) is 0 Å². The normalized spacial score (nSPS) is 12.8. The van der Waals surface area contributed by atoms with Crippen molar-refractivity contribution in [2.24, 2.45) is 5.92 Å². The molecule has 1 aromatic heterocycles. The third-order valence-electron chi connectivity index (χ3n) is 2.43. The molecule has 0 aliphatic carbocycles. The number of halogens is 1.